The molecule has 1 saturated carbocycles. The monoisotopic (exact) mass is 224 g/mol. The first-order valence-corrected chi connectivity index (χ1v) is 6.14. The molecule has 0 atom stereocenters. The van der Waals surface area contributed by atoms with E-state index in [9.17, 15) is 0 Å². The average molecular weight is 224 g/mol. The number of anilines is 1. The molecule has 0 unspecified atom stereocenters. The maximum absolute atomic E-state index is 5.63. The Morgan fingerprint density at radius 1 is 1.38 bits per heavy atom. The molecule has 16 heavy (non-hydrogen) atoms. The molecule has 1 aliphatic carbocycles. The second-order valence-electron chi connectivity index (χ2n) is 4.17. The van der Waals surface area contributed by atoms with Gasteiger partial charge in [0, 0.05) is 12.6 Å². The van der Waals surface area contributed by atoms with E-state index >= 15 is 0 Å². The van der Waals surface area contributed by atoms with Gasteiger partial charge in [0.1, 0.15) is 0 Å². The summed E-state index contributed by atoms with van der Waals surface area (Å²) in [6.07, 6.45) is 3.61. The SMILES string of the molecule is CCCNCc1nnc(N(CC)C2CC2)o1. The van der Waals surface area contributed by atoms with Crippen molar-refractivity contribution in [1.82, 2.24) is 15.5 Å². The molecule has 1 N–H and O–H groups in total. The van der Waals surface area contributed by atoms with Crippen LogP contribution in [0.5, 0.6) is 0 Å². The van der Waals surface area contributed by atoms with E-state index in [1.165, 1.54) is 12.8 Å². The number of hydrogen-bond donors (Lipinski definition) is 1. The lowest BCUT2D eigenvalue weighted by atomic mass is 10.5. The largest absolute Gasteiger partial charge is 0.407 e. The molecule has 2 rings (SSSR count). The molecule has 0 aromatic carbocycles. The summed E-state index contributed by atoms with van der Waals surface area (Å²) < 4.78 is 5.63. The van der Waals surface area contributed by atoms with Gasteiger partial charge in [-0.15, -0.1) is 5.10 Å². The van der Waals surface area contributed by atoms with Crippen molar-refractivity contribution in [3.05, 3.63) is 5.89 Å². The Kier molecular flexibility index (Phi) is 3.77. The molecule has 1 aromatic rings. The van der Waals surface area contributed by atoms with E-state index in [4.69, 9.17) is 4.42 Å². The van der Waals surface area contributed by atoms with E-state index in [1.54, 1.807) is 0 Å². The smallest absolute Gasteiger partial charge is 0.318 e. The minimum absolute atomic E-state index is 0.627. The van der Waals surface area contributed by atoms with Crippen LogP contribution in [-0.2, 0) is 6.54 Å². The molecule has 0 aliphatic heterocycles. The van der Waals surface area contributed by atoms with Crippen LogP contribution < -0.4 is 10.2 Å². The van der Waals surface area contributed by atoms with Crippen LogP contribution in [0.2, 0.25) is 0 Å². The van der Waals surface area contributed by atoms with Gasteiger partial charge in [-0.2, -0.15) is 0 Å². The number of rotatable bonds is 7. The van der Waals surface area contributed by atoms with Crippen molar-refractivity contribution in [3.63, 3.8) is 0 Å². The fourth-order valence-electron chi connectivity index (χ4n) is 1.74. The highest BCUT2D eigenvalue weighted by molar-refractivity contribution is 5.29. The van der Waals surface area contributed by atoms with Crippen LogP contribution >= 0.6 is 0 Å². The molecule has 90 valence electrons. The second-order valence-corrected chi connectivity index (χ2v) is 4.17. The Labute approximate surface area is 96.2 Å². The van der Waals surface area contributed by atoms with Crippen LogP contribution in [0, 0.1) is 0 Å². The molecular weight excluding hydrogens is 204 g/mol. The summed E-state index contributed by atoms with van der Waals surface area (Å²) in [6, 6.07) is 1.31. The summed E-state index contributed by atoms with van der Waals surface area (Å²) in [4.78, 5) is 2.19. The van der Waals surface area contributed by atoms with Gasteiger partial charge < -0.3 is 14.6 Å². The Morgan fingerprint density at radius 3 is 2.81 bits per heavy atom. The highest BCUT2D eigenvalue weighted by atomic mass is 16.4. The first-order valence-electron chi connectivity index (χ1n) is 6.14. The number of nitrogens with zero attached hydrogens (tertiary/aromatic N) is 3. The van der Waals surface area contributed by atoms with Gasteiger partial charge in [-0.1, -0.05) is 12.0 Å². The van der Waals surface area contributed by atoms with Gasteiger partial charge in [-0.25, -0.2) is 0 Å². The summed E-state index contributed by atoms with van der Waals surface area (Å²) in [5, 5.41) is 11.4. The third-order valence-corrected chi connectivity index (χ3v) is 2.73. The maximum atomic E-state index is 5.63. The van der Waals surface area contributed by atoms with Crippen molar-refractivity contribution < 1.29 is 4.42 Å². The van der Waals surface area contributed by atoms with Crippen LogP contribution in [0.4, 0.5) is 6.01 Å². The van der Waals surface area contributed by atoms with Gasteiger partial charge in [0.25, 0.3) is 0 Å². The summed E-state index contributed by atoms with van der Waals surface area (Å²) in [5.74, 6) is 0.683. The topological polar surface area (TPSA) is 54.2 Å². The zero-order valence-corrected chi connectivity index (χ0v) is 10.1. The highest BCUT2D eigenvalue weighted by Crippen LogP contribution is 2.30. The second kappa shape index (κ2) is 5.30. The lowest BCUT2D eigenvalue weighted by molar-refractivity contribution is 0.461. The zero-order chi connectivity index (χ0) is 11.4. The predicted octanol–water partition coefficient (Wildman–Crippen LogP) is 1.56. The van der Waals surface area contributed by atoms with E-state index < -0.39 is 0 Å². The lowest BCUT2D eigenvalue weighted by Crippen LogP contribution is -2.25. The standard InChI is InChI=1S/C11H20N4O/c1-3-7-12-8-10-13-14-11(16-10)15(4-2)9-5-6-9/h9,12H,3-8H2,1-2H3. The third-order valence-electron chi connectivity index (χ3n) is 2.73. The molecule has 0 spiro atoms. The Morgan fingerprint density at radius 2 is 2.19 bits per heavy atom. The van der Waals surface area contributed by atoms with E-state index in [0.29, 0.717) is 24.5 Å². The van der Waals surface area contributed by atoms with Crippen LogP contribution in [0.1, 0.15) is 39.0 Å². The first-order chi connectivity index (χ1) is 7.85. The highest BCUT2D eigenvalue weighted by Gasteiger charge is 2.31. The number of aromatic nitrogens is 2. The molecule has 1 fully saturated rings. The fourth-order valence-corrected chi connectivity index (χ4v) is 1.74. The van der Waals surface area contributed by atoms with Gasteiger partial charge in [-0.3, -0.25) is 0 Å². The van der Waals surface area contributed by atoms with Crippen LogP contribution in [0.3, 0.4) is 0 Å². The number of nitrogens with one attached hydrogen (secondary N) is 1. The first kappa shape index (κ1) is 11.4. The Hall–Kier alpha value is -1.10. The molecule has 0 radical (unpaired) electrons. The summed E-state index contributed by atoms with van der Waals surface area (Å²) in [7, 11) is 0. The Bertz CT molecular complexity index is 322. The molecule has 5 heteroatoms. The van der Waals surface area contributed by atoms with Crippen molar-refractivity contribution in [1.29, 1.82) is 0 Å². The average Bonchev–Trinajstić information content (AvgIpc) is 3.01. The van der Waals surface area contributed by atoms with Gasteiger partial charge in [0.2, 0.25) is 5.89 Å². The fraction of sp³-hybridized carbons (Fsp3) is 0.818. The molecule has 0 amide bonds. The zero-order valence-electron chi connectivity index (χ0n) is 10.1. The van der Waals surface area contributed by atoms with Crippen LogP contribution in [0.25, 0.3) is 0 Å². The van der Waals surface area contributed by atoms with E-state index in [-0.39, 0.29) is 0 Å². The minimum Gasteiger partial charge on any atom is -0.407 e. The quantitative estimate of drug-likeness (QED) is 0.712. The maximum Gasteiger partial charge on any atom is 0.318 e. The Balaban J connectivity index is 1.90. The molecule has 1 aromatic heterocycles. The van der Waals surface area contributed by atoms with Crippen molar-refractivity contribution >= 4 is 6.01 Å². The third kappa shape index (κ3) is 2.72. The molecular formula is C11H20N4O. The van der Waals surface area contributed by atoms with Gasteiger partial charge in [0.05, 0.1) is 6.54 Å². The molecule has 0 saturated heterocycles. The number of hydrogen-bond acceptors (Lipinski definition) is 5. The molecule has 5 nitrogen and oxygen atoms in total. The van der Waals surface area contributed by atoms with E-state index in [1.807, 2.05) is 0 Å². The summed E-state index contributed by atoms with van der Waals surface area (Å²) in [5.41, 5.74) is 0. The molecule has 1 heterocycles. The van der Waals surface area contributed by atoms with Crippen molar-refractivity contribution in [3.8, 4) is 0 Å². The van der Waals surface area contributed by atoms with E-state index in [2.05, 4.69) is 34.3 Å². The lowest BCUT2D eigenvalue weighted by Gasteiger charge is -2.16. The van der Waals surface area contributed by atoms with Crippen LogP contribution in [0.15, 0.2) is 4.42 Å². The van der Waals surface area contributed by atoms with Gasteiger partial charge in [-0.05, 0) is 32.7 Å². The summed E-state index contributed by atoms with van der Waals surface area (Å²) in [6.45, 7) is 6.85. The van der Waals surface area contributed by atoms with Crippen molar-refractivity contribution in [2.75, 3.05) is 18.0 Å². The van der Waals surface area contributed by atoms with Gasteiger partial charge >= 0.3 is 6.01 Å². The summed E-state index contributed by atoms with van der Waals surface area (Å²) >= 11 is 0. The van der Waals surface area contributed by atoms with Crippen LogP contribution in [-0.4, -0.2) is 29.3 Å². The van der Waals surface area contributed by atoms with Crippen molar-refractivity contribution in [2.24, 2.45) is 0 Å². The normalized spacial score (nSPS) is 15.4. The molecule has 1 aliphatic rings. The predicted molar refractivity (Wildman–Crippen MR) is 62.3 cm³/mol. The van der Waals surface area contributed by atoms with E-state index in [0.717, 1.165) is 19.5 Å². The van der Waals surface area contributed by atoms with Crippen molar-refractivity contribution in [2.45, 2.75) is 45.7 Å². The van der Waals surface area contributed by atoms with Gasteiger partial charge in [0.15, 0.2) is 0 Å². The minimum atomic E-state index is 0.627. The molecule has 0 bridgehead atoms.